The molecule has 0 unspecified atom stereocenters. The average molecular weight is 405 g/mol. The summed E-state index contributed by atoms with van der Waals surface area (Å²) in [6, 6.07) is 13.4. The van der Waals surface area contributed by atoms with Crippen molar-refractivity contribution in [1.29, 1.82) is 0 Å². The Hall–Kier alpha value is -3.59. The minimum Gasteiger partial charge on any atom is -0.325 e. The lowest BCUT2D eigenvalue weighted by Gasteiger charge is -2.09. The summed E-state index contributed by atoms with van der Waals surface area (Å²) >= 11 is 5.33. The molecule has 9 heteroatoms. The molecule has 2 N–H and O–H groups in total. The second-order valence-electron chi connectivity index (χ2n) is 6.52. The molecule has 1 aromatic carbocycles. The predicted molar refractivity (Wildman–Crippen MR) is 112 cm³/mol. The van der Waals surface area contributed by atoms with Gasteiger partial charge in [0, 0.05) is 30.9 Å². The van der Waals surface area contributed by atoms with Crippen LogP contribution >= 0.6 is 12.2 Å². The largest absolute Gasteiger partial charge is 0.325 e. The van der Waals surface area contributed by atoms with Gasteiger partial charge in [-0.3, -0.25) is 14.5 Å². The molecule has 0 bridgehead atoms. The quantitative estimate of drug-likeness (QED) is 0.479. The van der Waals surface area contributed by atoms with Crippen molar-refractivity contribution in [2.24, 2.45) is 0 Å². The summed E-state index contributed by atoms with van der Waals surface area (Å²) in [4.78, 5) is 16.7. The number of carbonyl (C=O) groups is 1. The van der Waals surface area contributed by atoms with Crippen LogP contribution < -0.4 is 5.32 Å². The number of benzene rings is 1. The zero-order valence-electron chi connectivity index (χ0n) is 15.7. The highest BCUT2D eigenvalue weighted by Crippen LogP contribution is 2.18. The number of H-pyrrole nitrogens is 1. The molecule has 4 aromatic rings. The van der Waals surface area contributed by atoms with Gasteiger partial charge in [0.1, 0.15) is 0 Å². The minimum absolute atomic E-state index is 0.128. The molecule has 4 rings (SSSR count). The van der Waals surface area contributed by atoms with Crippen molar-refractivity contribution in [2.45, 2.75) is 19.9 Å². The van der Waals surface area contributed by atoms with E-state index in [1.165, 1.54) is 5.56 Å². The summed E-state index contributed by atoms with van der Waals surface area (Å²) in [6.45, 7) is 2.45. The number of anilines is 1. The third-order valence-corrected chi connectivity index (χ3v) is 4.71. The minimum atomic E-state index is -0.128. The van der Waals surface area contributed by atoms with Crippen molar-refractivity contribution in [3.63, 3.8) is 0 Å². The second kappa shape index (κ2) is 8.19. The highest BCUT2D eigenvalue weighted by Gasteiger charge is 2.11. The van der Waals surface area contributed by atoms with E-state index in [1.807, 2.05) is 41.8 Å². The van der Waals surface area contributed by atoms with Crippen LogP contribution in [0.1, 0.15) is 12.0 Å². The maximum atomic E-state index is 12.4. The van der Waals surface area contributed by atoms with Crippen molar-refractivity contribution in [1.82, 2.24) is 29.5 Å². The molecular weight excluding hydrogens is 386 g/mol. The van der Waals surface area contributed by atoms with E-state index in [0.29, 0.717) is 28.6 Å². The van der Waals surface area contributed by atoms with Crippen LogP contribution in [0.15, 0.2) is 61.1 Å². The molecular formula is C20H19N7OS. The Morgan fingerprint density at radius 1 is 1.21 bits per heavy atom. The Bertz CT molecular complexity index is 1160. The fourth-order valence-electron chi connectivity index (χ4n) is 2.88. The van der Waals surface area contributed by atoms with Crippen LogP contribution in [-0.4, -0.2) is 35.4 Å². The molecule has 0 radical (unpaired) electrons. The number of hydrogen-bond donors (Lipinski definition) is 2. The van der Waals surface area contributed by atoms with Crippen molar-refractivity contribution in [2.75, 3.05) is 5.32 Å². The first-order valence-electron chi connectivity index (χ1n) is 9.08. The van der Waals surface area contributed by atoms with E-state index in [2.05, 4.69) is 25.6 Å². The topological polar surface area (TPSA) is 93.4 Å². The Labute approximate surface area is 172 Å². The van der Waals surface area contributed by atoms with Crippen molar-refractivity contribution < 1.29 is 4.79 Å². The van der Waals surface area contributed by atoms with Gasteiger partial charge in [-0.25, -0.2) is 9.67 Å². The first kappa shape index (κ1) is 18.8. The Morgan fingerprint density at radius 3 is 2.72 bits per heavy atom. The fourth-order valence-corrected chi connectivity index (χ4v) is 3.11. The number of hydrogen-bond acceptors (Lipinski definition) is 5. The highest BCUT2D eigenvalue weighted by molar-refractivity contribution is 7.71. The number of carbonyl (C=O) groups excluding carboxylic acids is 1. The number of nitrogens with zero attached hydrogens (tertiary/aromatic N) is 5. The molecule has 0 spiro atoms. The number of aryl methyl sites for hydroxylation is 1. The lowest BCUT2D eigenvalue weighted by atomic mass is 10.1. The molecule has 1 amide bonds. The third-order valence-electron chi connectivity index (χ3n) is 4.40. The normalized spacial score (nSPS) is 10.8. The second-order valence-corrected chi connectivity index (χ2v) is 6.91. The molecule has 29 heavy (non-hydrogen) atoms. The van der Waals surface area contributed by atoms with Gasteiger partial charge in [-0.2, -0.15) is 10.2 Å². The molecule has 0 atom stereocenters. The third kappa shape index (κ3) is 4.30. The fraction of sp³-hybridized carbons (Fsp3) is 0.150. The molecule has 3 heterocycles. The predicted octanol–water partition coefficient (Wildman–Crippen LogP) is 3.53. The van der Waals surface area contributed by atoms with E-state index in [1.54, 1.807) is 35.4 Å². The van der Waals surface area contributed by atoms with Gasteiger partial charge in [0.15, 0.2) is 16.4 Å². The van der Waals surface area contributed by atoms with Gasteiger partial charge in [0.2, 0.25) is 5.91 Å². The number of amides is 1. The van der Waals surface area contributed by atoms with Gasteiger partial charge in [-0.15, -0.1) is 0 Å². The van der Waals surface area contributed by atoms with Crippen LogP contribution in [0.25, 0.3) is 17.2 Å². The van der Waals surface area contributed by atoms with E-state index in [4.69, 9.17) is 12.2 Å². The lowest BCUT2D eigenvalue weighted by Crippen LogP contribution is -2.15. The standard InChI is InChI=1S/C20H19N7OS/c1-14-3-5-15(6-4-14)19-24-25-20(29)26(19)12-9-18(28)23-16-7-8-17(21-13-16)27-11-2-10-22-27/h2-8,10-11,13H,9,12H2,1H3,(H,23,28)(H,25,29). The Kier molecular flexibility index (Phi) is 5.30. The summed E-state index contributed by atoms with van der Waals surface area (Å²) in [5, 5.41) is 14.1. The van der Waals surface area contributed by atoms with Gasteiger partial charge >= 0.3 is 0 Å². The molecule has 8 nitrogen and oxygen atoms in total. The molecule has 0 aliphatic carbocycles. The monoisotopic (exact) mass is 405 g/mol. The summed E-state index contributed by atoms with van der Waals surface area (Å²) in [7, 11) is 0. The summed E-state index contributed by atoms with van der Waals surface area (Å²) in [5.41, 5.74) is 2.74. The lowest BCUT2D eigenvalue weighted by molar-refractivity contribution is -0.116. The number of aromatic nitrogens is 6. The summed E-state index contributed by atoms with van der Waals surface area (Å²) < 4.78 is 3.97. The number of rotatable bonds is 6. The maximum Gasteiger partial charge on any atom is 0.226 e. The zero-order valence-corrected chi connectivity index (χ0v) is 16.6. The van der Waals surface area contributed by atoms with Gasteiger partial charge in [-0.05, 0) is 37.3 Å². The maximum absolute atomic E-state index is 12.4. The zero-order chi connectivity index (χ0) is 20.2. The van der Waals surface area contributed by atoms with Crippen LogP contribution in [-0.2, 0) is 11.3 Å². The number of pyridine rings is 1. The molecule has 0 aliphatic heterocycles. The molecule has 0 saturated carbocycles. The molecule has 0 saturated heterocycles. The van der Waals surface area contributed by atoms with Crippen LogP contribution in [0.3, 0.4) is 0 Å². The molecule has 0 aliphatic rings. The smallest absolute Gasteiger partial charge is 0.226 e. The number of aromatic amines is 1. The summed E-state index contributed by atoms with van der Waals surface area (Å²) in [5.74, 6) is 1.27. The van der Waals surface area contributed by atoms with Gasteiger partial charge < -0.3 is 5.32 Å². The summed E-state index contributed by atoms with van der Waals surface area (Å²) in [6.07, 6.45) is 5.35. The van der Waals surface area contributed by atoms with E-state index in [-0.39, 0.29) is 12.3 Å². The van der Waals surface area contributed by atoms with Gasteiger partial charge in [-0.1, -0.05) is 29.8 Å². The average Bonchev–Trinajstić information content (AvgIpc) is 3.38. The van der Waals surface area contributed by atoms with Gasteiger partial charge in [0.05, 0.1) is 11.9 Å². The Balaban J connectivity index is 1.41. The van der Waals surface area contributed by atoms with E-state index < -0.39 is 0 Å². The van der Waals surface area contributed by atoms with E-state index >= 15 is 0 Å². The molecule has 146 valence electrons. The van der Waals surface area contributed by atoms with Crippen LogP contribution in [0, 0.1) is 11.7 Å². The Morgan fingerprint density at radius 2 is 2.03 bits per heavy atom. The van der Waals surface area contributed by atoms with Crippen LogP contribution in [0.4, 0.5) is 5.69 Å². The van der Waals surface area contributed by atoms with Crippen LogP contribution in [0.2, 0.25) is 0 Å². The SMILES string of the molecule is Cc1ccc(-c2n[nH]c(=S)n2CCC(=O)Nc2ccc(-n3cccn3)nc2)cc1. The van der Waals surface area contributed by atoms with Crippen molar-refractivity contribution in [3.05, 3.63) is 71.4 Å². The van der Waals surface area contributed by atoms with E-state index in [0.717, 1.165) is 5.56 Å². The molecule has 3 aromatic heterocycles. The molecule has 0 fully saturated rings. The van der Waals surface area contributed by atoms with E-state index in [9.17, 15) is 4.79 Å². The van der Waals surface area contributed by atoms with Crippen molar-refractivity contribution >= 4 is 23.8 Å². The van der Waals surface area contributed by atoms with Crippen molar-refractivity contribution in [3.8, 4) is 17.2 Å². The highest BCUT2D eigenvalue weighted by atomic mass is 32.1. The van der Waals surface area contributed by atoms with Gasteiger partial charge in [0.25, 0.3) is 0 Å². The number of nitrogens with one attached hydrogen (secondary N) is 2. The van der Waals surface area contributed by atoms with Crippen LogP contribution in [0.5, 0.6) is 0 Å². The first-order chi connectivity index (χ1) is 14.1. The first-order valence-corrected chi connectivity index (χ1v) is 9.49.